The first kappa shape index (κ1) is 12.1. The minimum Gasteiger partial charge on any atom is -0.475 e. The summed E-state index contributed by atoms with van der Waals surface area (Å²) in [5, 5.41) is 9.17. The van der Waals surface area contributed by atoms with Crippen molar-refractivity contribution in [1.29, 1.82) is 0 Å². The van der Waals surface area contributed by atoms with Crippen molar-refractivity contribution in [2.24, 2.45) is 0 Å². The summed E-state index contributed by atoms with van der Waals surface area (Å²) in [6.45, 7) is 3.98. The molecular formula is C8H8Br2O3S. The highest BCUT2D eigenvalue weighted by Crippen LogP contribution is 2.40. The molecule has 1 aromatic rings. The SMILES string of the molecule is CC(C)Sc1c(C(=O)O)oc(Br)c1Br. The van der Waals surface area contributed by atoms with Gasteiger partial charge in [-0.2, -0.15) is 0 Å². The van der Waals surface area contributed by atoms with E-state index in [2.05, 4.69) is 31.9 Å². The largest absolute Gasteiger partial charge is 0.475 e. The van der Waals surface area contributed by atoms with Gasteiger partial charge in [0.15, 0.2) is 4.67 Å². The molecule has 0 saturated carbocycles. The first-order valence-electron chi connectivity index (χ1n) is 3.81. The third kappa shape index (κ3) is 2.55. The molecule has 0 aliphatic carbocycles. The van der Waals surface area contributed by atoms with E-state index in [1.165, 1.54) is 11.8 Å². The van der Waals surface area contributed by atoms with Gasteiger partial charge in [-0.1, -0.05) is 13.8 Å². The van der Waals surface area contributed by atoms with E-state index in [0.29, 0.717) is 19.3 Å². The highest BCUT2D eigenvalue weighted by molar-refractivity contribution is 9.13. The van der Waals surface area contributed by atoms with E-state index in [0.717, 1.165) is 0 Å². The molecule has 0 aromatic carbocycles. The van der Waals surface area contributed by atoms with Gasteiger partial charge >= 0.3 is 5.97 Å². The fraction of sp³-hybridized carbons (Fsp3) is 0.375. The van der Waals surface area contributed by atoms with Crippen LogP contribution in [0.3, 0.4) is 0 Å². The zero-order valence-electron chi connectivity index (χ0n) is 7.51. The lowest BCUT2D eigenvalue weighted by atomic mass is 10.4. The van der Waals surface area contributed by atoms with Gasteiger partial charge in [0.2, 0.25) is 5.76 Å². The van der Waals surface area contributed by atoms with Crippen LogP contribution in [0.2, 0.25) is 0 Å². The number of hydrogen-bond acceptors (Lipinski definition) is 3. The normalized spacial score (nSPS) is 10.9. The molecule has 0 spiro atoms. The Hall–Kier alpha value is 0.0600. The number of halogens is 2. The monoisotopic (exact) mass is 342 g/mol. The Labute approximate surface area is 102 Å². The van der Waals surface area contributed by atoms with Gasteiger partial charge in [0.05, 0.1) is 9.37 Å². The molecule has 1 rings (SSSR count). The molecular weight excluding hydrogens is 336 g/mol. The second kappa shape index (κ2) is 4.72. The molecule has 0 aliphatic rings. The van der Waals surface area contributed by atoms with Crippen molar-refractivity contribution in [1.82, 2.24) is 0 Å². The van der Waals surface area contributed by atoms with Crippen LogP contribution in [-0.4, -0.2) is 16.3 Å². The molecule has 1 aromatic heterocycles. The molecule has 0 fully saturated rings. The van der Waals surface area contributed by atoms with E-state index in [1.807, 2.05) is 13.8 Å². The summed E-state index contributed by atoms with van der Waals surface area (Å²) in [5.74, 6) is -1.08. The molecule has 0 atom stereocenters. The second-order valence-corrected chi connectivity index (χ2v) is 5.92. The summed E-state index contributed by atoms with van der Waals surface area (Å²) in [6.07, 6.45) is 0. The van der Waals surface area contributed by atoms with E-state index >= 15 is 0 Å². The average Bonchev–Trinajstić information content (AvgIpc) is 2.32. The van der Waals surface area contributed by atoms with Crippen LogP contribution in [0.4, 0.5) is 0 Å². The number of aromatic carboxylic acids is 1. The summed E-state index contributed by atoms with van der Waals surface area (Å²) in [4.78, 5) is 11.4. The van der Waals surface area contributed by atoms with Gasteiger partial charge < -0.3 is 9.52 Å². The number of carboxylic acid groups (broad SMARTS) is 1. The van der Waals surface area contributed by atoms with Crippen LogP contribution in [0.25, 0.3) is 0 Å². The van der Waals surface area contributed by atoms with E-state index < -0.39 is 5.97 Å². The van der Waals surface area contributed by atoms with Crippen LogP contribution in [0.15, 0.2) is 18.5 Å². The number of rotatable bonds is 3. The first-order valence-corrected chi connectivity index (χ1v) is 6.27. The highest BCUT2D eigenvalue weighted by atomic mass is 79.9. The molecule has 0 amide bonds. The van der Waals surface area contributed by atoms with Crippen LogP contribution in [0.1, 0.15) is 24.4 Å². The highest BCUT2D eigenvalue weighted by Gasteiger charge is 2.23. The predicted octanol–water partition coefficient (Wildman–Crippen LogP) is 4.00. The summed E-state index contributed by atoms with van der Waals surface area (Å²) in [6, 6.07) is 0. The molecule has 78 valence electrons. The number of carbonyl (C=O) groups is 1. The van der Waals surface area contributed by atoms with Crippen molar-refractivity contribution in [2.75, 3.05) is 0 Å². The van der Waals surface area contributed by atoms with Crippen LogP contribution in [-0.2, 0) is 0 Å². The maximum atomic E-state index is 10.8. The number of furan rings is 1. The molecule has 1 heterocycles. The lowest BCUT2D eigenvalue weighted by Crippen LogP contribution is -1.97. The van der Waals surface area contributed by atoms with Crippen LogP contribution in [0.5, 0.6) is 0 Å². The van der Waals surface area contributed by atoms with Gasteiger partial charge in [-0.25, -0.2) is 4.79 Å². The lowest BCUT2D eigenvalue weighted by molar-refractivity contribution is 0.0656. The average molecular weight is 344 g/mol. The lowest BCUT2D eigenvalue weighted by Gasteiger charge is -2.02. The predicted molar refractivity (Wildman–Crippen MR) is 62.1 cm³/mol. The molecule has 6 heteroatoms. The molecule has 1 N–H and O–H groups in total. The van der Waals surface area contributed by atoms with Crippen molar-refractivity contribution in [3.63, 3.8) is 0 Å². The second-order valence-electron chi connectivity index (χ2n) is 2.82. The van der Waals surface area contributed by atoms with Crippen molar-refractivity contribution in [3.8, 4) is 0 Å². The number of thioether (sulfide) groups is 1. The van der Waals surface area contributed by atoms with Gasteiger partial charge in [-0.3, -0.25) is 0 Å². The minimum atomic E-state index is -1.06. The molecule has 0 radical (unpaired) electrons. The quantitative estimate of drug-likeness (QED) is 0.842. The Morgan fingerprint density at radius 3 is 2.50 bits per heavy atom. The smallest absolute Gasteiger partial charge is 0.373 e. The van der Waals surface area contributed by atoms with E-state index in [4.69, 9.17) is 9.52 Å². The first-order chi connectivity index (χ1) is 6.43. The summed E-state index contributed by atoms with van der Waals surface area (Å²) >= 11 is 7.86. The third-order valence-corrected chi connectivity index (χ3v) is 4.52. The van der Waals surface area contributed by atoms with Gasteiger partial charge in [0.1, 0.15) is 0 Å². The Bertz CT molecular complexity index is 360. The third-order valence-electron chi connectivity index (χ3n) is 1.32. The van der Waals surface area contributed by atoms with E-state index in [-0.39, 0.29) is 5.76 Å². The van der Waals surface area contributed by atoms with E-state index in [1.54, 1.807) is 0 Å². The molecule has 0 saturated heterocycles. The molecule has 14 heavy (non-hydrogen) atoms. The Morgan fingerprint density at radius 1 is 1.50 bits per heavy atom. The van der Waals surface area contributed by atoms with Gasteiger partial charge in [-0.15, -0.1) is 11.8 Å². The fourth-order valence-electron chi connectivity index (χ4n) is 0.851. The van der Waals surface area contributed by atoms with Crippen LogP contribution >= 0.6 is 43.6 Å². The maximum Gasteiger partial charge on any atom is 0.373 e. The zero-order valence-corrected chi connectivity index (χ0v) is 11.5. The minimum absolute atomic E-state index is 0.0255. The van der Waals surface area contributed by atoms with Gasteiger partial charge in [0, 0.05) is 5.25 Å². The summed E-state index contributed by atoms with van der Waals surface area (Å²) in [7, 11) is 0. The van der Waals surface area contributed by atoms with Crippen molar-refractivity contribution >= 4 is 49.6 Å². The zero-order chi connectivity index (χ0) is 10.9. The topological polar surface area (TPSA) is 50.4 Å². The standard InChI is InChI=1S/C8H8Br2O3S/c1-3(2)14-6-4(9)7(10)13-5(6)8(11)12/h3H,1-2H3,(H,11,12). The Kier molecular flexibility index (Phi) is 4.09. The number of carboxylic acids is 1. The van der Waals surface area contributed by atoms with Crippen molar-refractivity contribution in [2.45, 2.75) is 24.0 Å². The van der Waals surface area contributed by atoms with Gasteiger partial charge in [-0.05, 0) is 31.9 Å². The van der Waals surface area contributed by atoms with E-state index in [9.17, 15) is 4.79 Å². The molecule has 0 aliphatic heterocycles. The van der Waals surface area contributed by atoms with Crippen molar-refractivity contribution in [3.05, 3.63) is 14.9 Å². The van der Waals surface area contributed by atoms with Crippen LogP contribution in [0, 0.1) is 0 Å². The Balaban J connectivity index is 3.16. The van der Waals surface area contributed by atoms with Gasteiger partial charge in [0.25, 0.3) is 0 Å². The number of hydrogen-bond donors (Lipinski definition) is 1. The summed E-state index contributed by atoms with van der Waals surface area (Å²) in [5.41, 5.74) is 0. The Morgan fingerprint density at radius 2 is 2.07 bits per heavy atom. The fourth-order valence-corrected chi connectivity index (χ4v) is 2.79. The molecule has 0 unspecified atom stereocenters. The summed E-state index contributed by atoms with van der Waals surface area (Å²) < 4.78 is 6.13. The van der Waals surface area contributed by atoms with Crippen molar-refractivity contribution < 1.29 is 14.3 Å². The molecule has 3 nitrogen and oxygen atoms in total. The maximum absolute atomic E-state index is 10.8. The molecule has 0 bridgehead atoms. The van der Waals surface area contributed by atoms with Crippen LogP contribution < -0.4 is 0 Å².